The van der Waals surface area contributed by atoms with Gasteiger partial charge in [-0.1, -0.05) is 77.6 Å². The second-order valence-corrected chi connectivity index (χ2v) is 14.1. The Morgan fingerprint density at radius 1 is 1.17 bits per heavy atom. The highest BCUT2D eigenvalue weighted by Crippen LogP contribution is 2.38. The molecule has 3 N–H and O–H groups in total. The zero-order chi connectivity index (χ0) is 36.8. The van der Waals surface area contributed by atoms with Crippen LogP contribution in [-0.2, 0) is 34.8 Å². The lowest BCUT2D eigenvalue weighted by Gasteiger charge is -2.49. The summed E-state index contributed by atoms with van der Waals surface area (Å²) >= 11 is 1.92. The zero-order valence-corrected chi connectivity index (χ0v) is 29.5. The number of rotatable bonds is 13. The molecular weight excluding hydrogens is 733 g/mol. The molecule has 2 aliphatic rings. The average molecular weight is 761 g/mol. The normalized spacial score (nSPS) is 18.6. The van der Waals surface area contributed by atoms with Crippen molar-refractivity contribution in [1.82, 2.24) is 24.6 Å². The molecule has 19 heteroatoms. The summed E-state index contributed by atoms with van der Waals surface area (Å²) in [5.74, 6) is -2.75. The average Bonchev–Trinajstić information content (AvgIpc) is 3.59. The van der Waals surface area contributed by atoms with E-state index in [1.807, 2.05) is 12.1 Å². The van der Waals surface area contributed by atoms with E-state index in [1.54, 1.807) is 60.9 Å². The lowest BCUT2D eigenvalue weighted by Crippen LogP contribution is -2.74. The summed E-state index contributed by atoms with van der Waals surface area (Å²) in [5, 5.41) is 18.3. The van der Waals surface area contributed by atoms with Gasteiger partial charge in [-0.2, -0.15) is 9.36 Å². The number of oxime groups is 1. The van der Waals surface area contributed by atoms with Gasteiger partial charge in [-0.25, -0.2) is 9.78 Å². The first-order chi connectivity index (χ1) is 25.2. The Balaban J connectivity index is 1.32. The maximum atomic E-state index is 14.2. The van der Waals surface area contributed by atoms with Crippen molar-refractivity contribution in [2.45, 2.75) is 29.5 Å². The van der Waals surface area contributed by atoms with Crippen molar-refractivity contribution in [3.63, 3.8) is 0 Å². The first-order valence-corrected chi connectivity index (χ1v) is 18.5. The highest BCUT2D eigenvalue weighted by Gasteiger charge is 2.57. The first-order valence-electron chi connectivity index (χ1n) is 15.4. The second kappa shape index (κ2) is 16.0. The van der Waals surface area contributed by atoms with E-state index in [0.29, 0.717) is 16.2 Å². The number of β-lactam (4-membered cyclic amide) rings is 1. The first kappa shape index (κ1) is 36.0. The van der Waals surface area contributed by atoms with Crippen LogP contribution < -0.4 is 11.1 Å². The van der Waals surface area contributed by atoms with Crippen LogP contribution in [0, 0.1) is 10.1 Å². The Morgan fingerprint density at radius 3 is 2.44 bits per heavy atom. The van der Waals surface area contributed by atoms with Gasteiger partial charge in [0.05, 0.1) is 21.5 Å². The van der Waals surface area contributed by atoms with Crippen LogP contribution >= 0.6 is 23.3 Å². The Morgan fingerprint density at radius 2 is 1.87 bits per heavy atom. The molecule has 0 spiro atoms. The Kier molecular flexibility index (Phi) is 11.1. The third-order valence-corrected chi connectivity index (χ3v) is 10.5. The molecule has 52 heavy (non-hydrogen) atoms. The van der Waals surface area contributed by atoms with Crippen LogP contribution in [0.15, 0.2) is 112 Å². The van der Waals surface area contributed by atoms with Gasteiger partial charge in [0.1, 0.15) is 34.9 Å². The lowest BCUT2D eigenvalue weighted by atomic mass is 10.0. The number of pyridine rings is 1. The maximum absolute atomic E-state index is 14.2. The van der Waals surface area contributed by atoms with E-state index in [2.05, 4.69) is 24.8 Å². The molecule has 2 aromatic heterocycles. The molecule has 0 aliphatic carbocycles. The number of esters is 1. The van der Waals surface area contributed by atoms with E-state index in [9.17, 15) is 28.7 Å². The van der Waals surface area contributed by atoms with Crippen molar-refractivity contribution >= 4 is 68.4 Å². The fourth-order valence-electron chi connectivity index (χ4n) is 5.26. The lowest BCUT2D eigenvalue weighted by molar-refractivity contribution is -0.385. The molecule has 4 heterocycles. The van der Waals surface area contributed by atoms with E-state index in [4.69, 9.17) is 15.3 Å². The third kappa shape index (κ3) is 7.75. The smallest absolute Gasteiger partial charge is 0.356 e. The molecular formula is C33H28N8O8S3. The van der Waals surface area contributed by atoms with Crippen molar-refractivity contribution in [2.24, 2.45) is 5.16 Å². The molecule has 1 fully saturated rings. The third-order valence-electron chi connectivity index (χ3n) is 7.61. The van der Waals surface area contributed by atoms with E-state index in [-0.39, 0.29) is 46.0 Å². The molecule has 2 aromatic carbocycles. The molecule has 0 saturated carbocycles. The number of thioether (sulfide) groups is 1. The second-order valence-electron chi connectivity index (χ2n) is 10.9. The van der Waals surface area contributed by atoms with Crippen LogP contribution in [0.4, 0.5) is 10.8 Å². The molecule has 2 unspecified atom stereocenters. The van der Waals surface area contributed by atoms with Gasteiger partial charge in [0.2, 0.25) is 11.5 Å². The van der Waals surface area contributed by atoms with E-state index >= 15 is 0 Å². The highest BCUT2D eigenvalue weighted by atomic mass is 32.2. The largest absolute Gasteiger partial charge is 0.448 e. The van der Waals surface area contributed by atoms with Crippen molar-refractivity contribution in [3.05, 3.63) is 129 Å². The van der Waals surface area contributed by atoms with Gasteiger partial charge in [0.25, 0.3) is 17.5 Å². The predicted octanol–water partition coefficient (Wildman–Crippen LogP) is 3.47. The molecule has 6 rings (SSSR count). The van der Waals surface area contributed by atoms with Crippen molar-refractivity contribution in [1.29, 1.82) is 0 Å². The van der Waals surface area contributed by atoms with Gasteiger partial charge >= 0.3 is 5.97 Å². The zero-order valence-electron chi connectivity index (χ0n) is 27.1. The van der Waals surface area contributed by atoms with Crippen LogP contribution in [0.3, 0.4) is 0 Å². The Hall–Kier alpha value is -5.79. The van der Waals surface area contributed by atoms with E-state index < -0.39 is 51.0 Å². The number of amides is 2. The monoisotopic (exact) mass is 760 g/mol. The fraction of sp³-hybridized carbons (Fsp3) is 0.182. The van der Waals surface area contributed by atoms with Crippen molar-refractivity contribution in [3.8, 4) is 0 Å². The Labute approximate surface area is 306 Å². The molecule has 2 amide bonds. The number of hydrogen-bond acceptors (Lipinski definition) is 15. The number of carbonyl (C=O) groups is 3. The SMILES string of the molecule is CCON=C(C(=O)NC1C(=O)N2C(C(=O)OC(c3ccccc3)c3ccccc3)=C(C=CSc3ccc([N+](=O)[O-])cn3)CS(=O)[C@H]12)c1nsc(N)n1. The highest BCUT2D eigenvalue weighted by molar-refractivity contribution is 8.02. The predicted molar refractivity (Wildman–Crippen MR) is 192 cm³/mol. The number of allylic oxidation sites excluding steroid dienone is 1. The number of ether oxygens (including phenoxy) is 1. The van der Waals surface area contributed by atoms with E-state index in [1.165, 1.54) is 18.2 Å². The van der Waals surface area contributed by atoms with Crippen molar-refractivity contribution < 1.29 is 33.1 Å². The topological polar surface area (TPSA) is 222 Å². The number of nitrogens with zero attached hydrogens (tertiary/aromatic N) is 6. The van der Waals surface area contributed by atoms with Gasteiger partial charge in [-0.05, 0) is 41.2 Å². The number of nitrogens with two attached hydrogens (primary N) is 1. The quantitative estimate of drug-likeness (QED) is 0.0498. The number of fused-ring (bicyclic) bond motifs is 1. The summed E-state index contributed by atoms with van der Waals surface area (Å²) in [6.07, 6.45) is 1.77. The molecule has 16 nitrogen and oxygen atoms in total. The molecule has 4 aromatic rings. The van der Waals surface area contributed by atoms with Gasteiger partial charge in [0.15, 0.2) is 11.2 Å². The van der Waals surface area contributed by atoms with Crippen LogP contribution in [0.5, 0.6) is 0 Å². The summed E-state index contributed by atoms with van der Waals surface area (Å²) in [5.41, 5.74) is 6.60. The van der Waals surface area contributed by atoms with Crippen LogP contribution in [0.25, 0.3) is 0 Å². The van der Waals surface area contributed by atoms with Crippen molar-refractivity contribution in [2.75, 3.05) is 18.1 Å². The molecule has 2 aliphatic heterocycles. The van der Waals surface area contributed by atoms with E-state index in [0.717, 1.165) is 34.4 Å². The van der Waals surface area contributed by atoms with Gasteiger partial charge < -0.3 is 20.6 Å². The number of anilines is 1. The minimum absolute atomic E-state index is 0.0759. The minimum Gasteiger partial charge on any atom is -0.448 e. The molecule has 3 atom stereocenters. The maximum Gasteiger partial charge on any atom is 0.356 e. The number of hydrogen-bond donors (Lipinski definition) is 2. The standard InChI is InChI=1S/C33H28N8O8S3/c1-2-48-38-24(28-37-33(34)51-39-28)29(42)36-25-30(43)40-26(32(44)49-27(19-9-5-3-6-10-19)20-11-7-4-8-12-20)21(18-52(47)31(25)40)15-16-50-23-14-13-22(17-35-23)41(45)46/h3-17,25,27,31H,2,18H2,1H3,(H,36,42)(H2,34,37,39)/t25?,31-,52?/m1/s1. The Bertz CT molecular complexity index is 2070. The van der Waals surface area contributed by atoms with Gasteiger partial charge in [-0.3, -0.25) is 28.8 Å². The van der Waals surface area contributed by atoms with Gasteiger partial charge in [0, 0.05) is 17.6 Å². The van der Waals surface area contributed by atoms with Crippen LogP contribution in [-0.4, -0.2) is 75.6 Å². The molecule has 266 valence electrons. The molecule has 0 bridgehead atoms. The van der Waals surface area contributed by atoms with Crippen LogP contribution in [0.1, 0.15) is 30.0 Å². The summed E-state index contributed by atoms with van der Waals surface area (Å²) in [6.45, 7) is 1.78. The number of nitrogen functional groups attached to an aromatic ring is 1. The summed E-state index contributed by atoms with van der Waals surface area (Å²) in [4.78, 5) is 66.1. The minimum atomic E-state index is -1.81. The molecule has 1 saturated heterocycles. The number of benzene rings is 2. The fourth-order valence-corrected chi connectivity index (χ4v) is 7.97. The summed E-state index contributed by atoms with van der Waals surface area (Å²) < 4.78 is 23.9. The number of carbonyl (C=O) groups excluding carboxylic acids is 3. The molecule has 0 radical (unpaired) electrons. The number of nitrogens with one attached hydrogen (secondary N) is 1. The van der Waals surface area contributed by atoms with Gasteiger partial charge in [-0.15, -0.1) is 0 Å². The number of nitro groups is 1. The van der Waals surface area contributed by atoms with Crippen LogP contribution in [0.2, 0.25) is 0 Å². The number of aromatic nitrogens is 3. The summed E-state index contributed by atoms with van der Waals surface area (Å²) in [6, 6.07) is 19.6. The summed E-state index contributed by atoms with van der Waals surface area (Å²) in [7, 11) is -1.81.